The molecule has 0 aromatic heterocycles. The molecule has 0 radical (unpaired) electrons. The molecule has 2 rings (SSSR count). The summed E-state index contributed by atoms with van der Waals surface area (Å²) in [6.07, 6.45) is 0. The van der Waals surface area contributed by atoms with Crippen molar-refractivity contribution in [2.45, 2.75) is 0 Å². The molecule has 7 nitrogen and oxygen atoms in total. The molecule has 0 bridgehead atoms. The first-order chi connectivity index (χ1) is 12.0. The van der Waals surface area contributed by atoms with Crippen LogP contribution >= 0.6 is 23.8 Å². The molecule has 0 heterocycles. The van der Waals surface area contributed by atoms with Gasteiger partial charge in [0.1, 0.15) is 5.75 Å². The third-order valence-corrected chi connectivity index (χ3v) is 3.35. The summed E-state index contributed by atoms with van der Waals surface area (Å²) in [6, 6.07) is 13.3. The first kappa shape index (κ1) is 18.5. The van der Waals surface area contributed by atoms with Crippen LogP contribution in [0.4, 0.5) is 5.69 Å². The van der Waals surface area contributed by atoms with E-state index in [2.05, 4.69) is 16.2 Å². The minimum atomic E-state index is -0.638. The number of rotatable bonds is 5. The van der Waals surface area contributed by atoms with Gasteiger partial charge in [0.15, 0.2) is 11.7 Å². The number of benzene rings is 2. The Morgan fingerprint density at radius 1 is 1.12 bits per heavy atom. The van der Waals surface area contributed by atoms with Gasteiger partial charge < -0.3 is 15.8 Å². The standard InChI is InChI=1S/C16H15ClN4O3S/c17-10-4-3-5-11(8-10)19-16(25)21-20-14(22)9-24-13-7-2-1-6-12(13)15(18)23/h1-8H,9H2,(H2,18,23)(H,20,22)(H2,19,21,25). The predicted molar refractivity (Wildman–Crippen MR) is 99.4 cm³/mol. The van der Waals surface area contributed by atoms with Crippen LogP contribution in [-0.4, -0.2) is 23.5 Å². The topological polar surface area (TPSA) is 105 Å². The van der Waals surface area contributed by atoms with Crippen molar-refractivity contribution in [3.63, 3.8) is 0 Å². The highest BCUT2D eigenvalue weighted by atomic mass is 35.5. The van der Waals surface area contributed by atoms with E-state index in [1.54, 1.807) is 42.5 Å². The molecule has 130 valence electrons. The summed E-state index contributed by atoms with van der Waals surface area (Å²) >= 11 is 10.9. The molecule has 2 amide bonds. The summed E-state index contributed by atoms with van der Waals surface area (Å²) in [4.78, 5) is 23.1. The fraction of sp³-hybridized carbons (Fsp3) is 0.0625. The molecule has 25 heavy (non-hydrogen) atoms. The van der Waals surface area contributed by atoms with Crippen LogP contribution in [0.1, 0.15) is 10.4 Å². The van der Waals surface area contributed by atoms with Gasteiger partial charge in [-0.1, -0.05) is 29.8 Å². The van der Waals surface area contributed by atoms with E-state index in [-0.39, 0.29) is 23.0 Å². The molecule has 2 aromatic carbocycles. The van der Waals surface area contributed by atoms with Crippen molar-refractivity contribution in [1.82, 2.24) is 10.9 Å². The van der Waals surface area contributed by atoms with E-state index in [0.717, 1.165) is 0 Å². The second kappa shape index (κ2) is 8.86. The number of ether oxygens (including phenoxy) is 1. The van der Waals surface area contributed by atoms with Crippen LogP contribution in [0, 0.1) is 0 Å². The number of anilines is 1. The van der Waals surface area contributed by atoms with Crippen LogP contribution in [0.15, 0.2) is 48.5 Å². The molecule has 0 saturated heterocycles. The Morgan fingerprint density at radius 3 is 2.60 bits per heavy atom. The quantitative estimate of drug-likeness (QED) is 0.467. The molecular weight excluding hydrogens is 364 g/mol. The van der Waals surface area contributed by atoms with Crippen molar-refractivity contribution in [3.8, 4) is 5.75 Å². The fourth-order valence-electron chi connectivity index (χ4n) is 1.83. The normalized spacial score (nSPS) is 9.80. The first-order valence-electron chi connectivity index (χ1n) is 7.09. The Labute approximate surface area is 154 Å². The van der Waals surface area contributed by atoms with Gasteiger partial charge in [0, 0.05) is 10.7 Å². The van der Waals surface area contributed by atoms with Gasteiger partial charge in [0.05, 0.1) is 5.56 Å². The highest BCUT2D eigenvalue weighted by Gasteiger charge is 2.10. The highest BCUT2D eigenvalue weighted by Crippen LogP contribution is 2.17. The highest BCUT2D eigenvalue weighted by molar-refractivity contribution is 7.80. The predicted octanol–water partition coefficient (Wildman–Crippen LogP) is 1.84. The van der Waals surface area contributed by atoms with Crippen molar-refractivity contribution < 1.29 is 14.3 Å². The molecular formula is C16H15ClN4O3S. The van der Waals surface area contributed by atoms with Gasteiger partial charge in [0.2, 0.25) is 0 Å². The number of carbonyl (C=O) groups excluding carboxylic acids is 2. The van der Waals surface area contributed by atoms with Gasteiger partial charge in [-0.15, -0.1) is 0 Å². The molecule has 0 atom stereocenters. The molecule has 0 aliphatic heterocycles. The third kappa shape index (κ3) is 5.94. The van der Waals surface area contributed by atoms with Crippen molar-refractivity contribution in [3.05, 3.63) is 59.1 Å². The Hall–Kier alpha value is -2.84. The number of halogens is 1. The summed E-state index contributed by atoms with van der Waals surface area (Å²) in [5, 5.41) is 3.58. The first-order valence-corrected chi connectivity index (χ1v) is 7.87. The fourth-order valence-corrected chi connectivity index (χ4v) is 2.19. The number of hydrogen-bond donors (Lipinski definition) is 4. The summed E-state index contributed by atoms with van der Waals surface area (Å²) in [7, 11) is 0. The van der Waals surface area contributed by atoms with E-state index in [4.69, 9.17) is 34.3 Å². The molecule has 0 spiro atoms. The van der Waals surface area contributed by atoms with Gasteiger partial charge in [0.25, 0.3) is 11.8 Å². The minimum Gasteiger partial charge on any atom is -0.483 e. The van der Waals surface area contributed by atoms with E-state index in [1.807, 2.05) is 0 Å². The van der Waals surface area contributed by atoms with Gasteiger partial charge in [-0.2, -0.15) is 0 Å². The molecule has 0 saturated carbocycles. The smallest absolute Gasteiger partial charge is 0.276 e. The third-order valence-electron chi connectivity index (χ3n) is 2.91. The summed E-state index contributed by atoms with van der Waals surface area (Å²) in [5.41, 5.74) is 11.0. The molecule has 2 aromatic rings. The number of nitrogens with two attached hydrogens (primary N) is 1. The second-order valence-corrected chi connectivity index (χ2v) is 5.63. The number of amides is 2. The summed E-state index contributed by atoms with van der Waals surface area (Å²) in [5.74, 6) is -0.902. The summed E-state index contributed by atoms with van der Waals surface area (Å²) < 4.78 is 5.29. The van der Waals surface area contributed by atoms with Crippen molar-refractivity contribution in [2.24, 2.45) is 5.73 Å². The maximum Gasteiger partial charge on any atom is 0.276 e. The van der Waals surface area contributed by atoms with Crippen molar-refractivity contribution in [2.75, 3.05) is 11.9 Å². The van der Waals surface area contributed by atoms with Gasteiger partial charge in [-0.05, 0) is 42.5 Å². The molecule has 0 fully saturated rings. The van der Waals surface area contributed by atoms with Gasteiger partial charge in [-0.25, -0.2) is 0 Å². The number of thiocarbonyl (C=S) groups is 1. The van der Waals surface area contributed by atoms with Gasteiger partial charge in [-0.3, -0.25) is 20.4 Å². The maximum absolute atomic E-state index is 11.8. The molecule has 9 heteroatoms. The van der Waals surface area contributed by atoms with Crippen LogP contribution in [0.25, 0.3) is 0 Å². The maximum atomic E-state index is 11.8. The Kier molecular flexibility index (Phi) is 6.55. The zero-order valence-electron chi connectivity index (χ0n) is 12.9. The molecule has 5 N–H and O–H groups in total. The number of hydrogen-bond acceptors (Lipinski definition) is 4. The van der Waals surface area contributed by atoms with Gasteiger partial charge >= 0.3 is 0 Å². The Bertz CT molecular complexity index is 800. The number of hydrazine groups is 1. The van der Waals surface area contributed by atoms with Crippen LogP contribution in [0.2, 0.25) is 5.02 Å². The number of carbonyl (C=O) groups is 2. The number of para-hydroxylation sites is 1. The average Bonchev–Trinajstić information content (AvgIpc) is 2.58. The second-order valence-electron chi connectivity index (χ2n) is 4.79. The Balaban J connectivity index is 1.79. The lowest BCUT2D eigenvalue weighted by molar-refractivity contribution is -0.123. The number of primary amides is 1. The minimum absolute atomic E-state index is 0.174. The average molecular weight is 379 g/mol. The van der Waals surface area contributed by atoms with Crippen molar-refractivity contribution in [1.29, 1.82) is 0 Å². The van der Waals surface area contributed by atoms with E-state index < -0.39 is 11.8 Å². The van der Waals surface area contributed by atoms with Crippen LogP contribution in [0.3, 0.4) is 0 Å². The molecule has 0 unspecified atom stereocenters. The Morgan fingerprint density at radius 2 is 1.88 bits per heavy atom. The summed E-state index contributed by atoms with van der Waals surface area (Å²) in [6.45, 7) is -0.322. The zero-order chi connectivity index (χ0) is 18.2. The SMILES string of the molecule is NC(=O)c1ccccc1OCC(=O)NNC(=S)Nc1cccc(Cl)c1. The van der Waals surface area contributed by atoms with E-state index in [0.29, 0.717) is 10.7 Å². The van der Waals surface area contributed by atoms with Crippen LogP contribution in [-0.2, 0) is 4.79 Å². The zero-order valence-corrected chi connectivity index (χ0v) is 14.5. The lowest BCUT2D eigenvalue weighted by Gasteiger charge is -2.13. The lowest BCUT2D eigenvalue weighted by atomic mass is 10.2. The number of nitrogens with one attached hydrogen (secondary N) is 3. The van der Waals surface area contributed by atoms with E-state index in [1.165, 1.54) is 6.07 Å². The molecule has 0 aliphatic carbocycles. The van der Waals surface area contributed by atoms with E-state index >= 15 is 0 Å². The molecule has 0 aliphatic rings. The lowest BCUT2D eigenvalue weighted by Crippen LogP contribution is -2.45. The monoisotopic (exact) mass is 378 g/mol. The van der Waals surface area contributed by atoms with E-state index in [9.17, 15) is 9.59 Å². The van der Waals surface area contributed by atoms with Crippen molar-refractivity contribution >= 4 is 46.4 Å². The van der Waals surface area contributed by atoms with Crippen LogP contribution < -0.4 is 26.6 Å². The van der Waals surface area contributed by atoms with Crippen LogP contribution in [0.5, 0.6) is 5.75 Å². The largest absolute Gasteiger partial charge is 0.483 e.